The van der Waals surface area contributed by atoms with Crippen LogP contribution in [-0.4, -0.2) is 53.5 Å². The van der Waals surface area contributed by atoms with Crippen molar-refractivity contribution in [3.8, 4) is 0 Å². The monoisotopic (exact) mass is 569 g/mol. The summed E-state index contributed by atoms with van der Waals surface area (Å²) in [5, 5.41) is 28.3. The fourth-order valence-corrected chi connectivity index (χ4v) is 6.63. The molecule has 12 heteroatoms. The largest absolute Gasteiger partial charge is 0.465 e. The zero-order valence-corrected chi connectivity index (χ0v) is 22.6. The van der Waals surface area contributed by atoms with Crippen molar-refractivity contribution in [3.05, 3.63) is 76.4 Å². The number of anilines is 1. The summed E-state index contributed by atoms with van der Waals surface area (Å²) >= 11 is 0. The fraction of sp³-hybridized carbons (Fsp3) is 0.448. The van der Waals surface area contributed by atoms with Crippen molar-refractivity contribution < 1.29 is 33.0 Å². The summed E-state index contributed by atoms with van der Waals surface area (Å²) in [5.41, 5.74) is -1.09. The molecule has 3 aliphatic rings. The summed E-state index contributed by atoms with van der Waals surface area (Å²) in [4.78, 5) is 28.2. The predicted octanol–water partition coefficient (Wildman–Crippen LogP) is 4.86. The molecule has 216 valence electrons. The van der Waals surface area contributed by atoms with Crippen LogP contribution < -0.4 is 4.90 Å². The van der Waals surface area contributed by atoms with Gasteiger partial charge in [-0.05, 0) is 80.0 Å². The van der Waals surface area contributed by atoms with Crippen molar-refractivity contribution in [1.82, 2.24) is 19.7 Å². The lowest BCUT2D eigenvalue weighted by Gasteiger charge is -2.46. The number of aromatic nitrogens is 3. The lowest BCUT2D eigenvalue weighted by Crippen LogP contribution is -2.53. The molecule has 9 nitrogen and oxygen atoms in total. The standard InChI is InChI=1S/C29H30F3N5O4/c1-27(7-4-8-27)37(26(40)41)14-17-9-21-22(23(10-17)29(30,31)32)15-36(24(21)39)19-6-3-5-18(11-19)28(12-20(38)13-28)25-34-33-16-35(25)2/h3,5-6,9-11,16,20,38H,4,7-8,12-15H2,1-2H3,(H,40,41). The molecule has 0 radical (unpaired) electrons. The second-order valence-corrected chi connectivity index (χ2v) is 11.7. The number of aryl methyl sites for hydroxylation is 1. The fourth-order valence-electron chi connectivity index (χ4n) is 6.63. The number of carbonyl (C=O) groups is 2. The number of fused-ring (bicyclic) bond motifs is 1. The van der Waals surface area contributed by atoms with E-state index < -0.39 is 40.8 Å². The zero-order chi connectivity index (χ0) is 29.3. The molecule has 2 amide bonds. The Morgan fingerprint density at radius 2 is 1.93 bits per heavy atom. The smallest absolute Gasteiger partial charge is 0.416 e. The first-order valence-electron chi connectivity index (χ1n) is 13.5. The summed E-state index contributed by atoms with van der Waals surface area (Å²) in [6, 6.07) is 9.41. The van der Waals surface area contributed by atoms with Crippen LogP contribution in [0.2, 0.25) is 0 Å². The highest BCUT2D eigenvalue weighted by molar-refractivity contribution is 6.10. The summed E-state index contributed by atoms with van der Waals surface area (Å²) in [5.74, 6) is 0.0747. The molecule has 0 bridgehead atoms. The van der Waals surface area contributed by atoms with E-state index in [1.54, 1.807) is 43.1 Å². The van der Waals surface area contributed by atoms with Crippen molar-refractivity contribution >= 4 is 17.7 Å². The second kappa shape index (κ2) is 9.30. The van der Waals surface area contributed by atoms with E-state index in [1.807, 2.05) is 6.07 Å². The number of carboxylic acid groups (broad SMARTS) is 1. The molecule has 2 fully saturated rings. The molecule has 1 aliphatic heterocycles. The molecule has 6 rings (SSSR count). The molecule has 2 aromatic carbocycles. The Bertz CT molecular complexity index is 1540. The highest BCUT2D eigenvalue weighted by atomic mass is 19.4. The van der Waals surface area contributed by atoms with Gasteiger partial charge in [-0.15, -0.1) is 10.2 Å². The Labute approximate surface area is 234 Å². The van der Waals surface area contributed by atoms with Gasteiger partial charge in [0.05, 0.1) is 23.6 Å². The molecular formula is C29H30F3N5O4. The Morgan fingerprint density at radius 1 is 1.20 bits per heavy atom. The van der Waals surface area contributed by atoms with Crippen molar-refractivity contribution in [2.45, 2.75) is 75.4 Å². The van der Waals surface area contributed by atoms with Crippen LogP contribution in [0.25, 0.3) is 0 Å². The molecule has 0 unspecified atom stereocenters. The molecule has 2 saturated carbocycles. The number of alkyl halides is 3. The van der Waals surface area contributed by atoms with Crippen molar-refractivity contribution in [2.75, 3.05) is 4.90 Å². The van der Waals surface area contributed by atoms with Crippen LogP contribution in [0.1, 0.15) is 77.5 Å². The van der Waals surface area contributed by atoms with Gasteiger partial charge >= 0.3 is 12.3 Å². The highest BCUT2D eigenvalue weighted by Gasteiger charge is 2.50. The highest BCUT2D eigenvalue weighted by Crippen LogP contribution is 2.49. The van der Waals surface area contributed by atoms with E-state index >= 15 is 0 Å². The third-order valence-corrected chi connectivity index (χ3v) is 9.08. The number of hydrogen-bond donors (Lipinski definition) is 2. The van der Waals surface area contributed by atoms with Crippen LogP contribution in [0.5, 0.6) is 0 Å². The predicted molar refractivity (Wildman–Crippen MR) is 141 cm³/mol. The van der Waals surface area contributed by atoms with E-state index in [0.29, 0.717) is 37.2 Å². The molecule has 0 saturated heterocycles. The SMILES string of the molecule is Cn1cnnc1C1(c2cccc(N3Cc4c(cc(CN(C(=O)O)C5(C)CCC5)cc4C(F)(F)F)C3=O)c2)CC(O)C1. The van der Waals surface area contributed by atoms with Gasteiger partial charge in [0.1, 0.15) is 12.2 Å². The summed E-state index contributed by atoms with van der Waals surface area (Å²) in [6.45, 7) is 1.28. The quantitative estimate of drug-likeness (QED) is 0.439. The second-order valence-electron chi connectivity index (χ2n) is 11.7. The van der Waals surface area contributed by atoms with Crippen LogP contribution in [0, 0.1) is 0 Å². The van der Waals surface area contributed by atoms with Gasteiger partial charge < -0.3 is 19.7 Å². The maximum atomic E-state index is 14.3. The molecule has 1 aromatic heterocycles. The van der Waals surface area contributed by atoms with E-state index in [2.05, 4.69) is 10.2 Å². The normalized spacial score (nSPS) is 23.1. The molecule has 2 heterocycles. The Balaban J connectivity index is 1.37. The molecular weight excluding hydrogens is 539 g/mol. The minimum absolute atomic E-state index is 0.0774. The van der Waals surface area contributed by atoms with E-state index in [9.17, 15) is 33.0 Å². The van der Waals surface area contributed by atoms with Crippen molar-refractivity contribution in [3.63, 3.8) is 0 Å². The van der Waals surface area contributed by atoms with Crippen LogP contribution in [0.4, 0.5) is 23.7 Å². The lowest BCUT2D eigenvalue weighted by atomic mass is 9.62. The third-order valence-electron chi connectivity index (χ3n) is 9.08. The molecule has 0 spiro atoms. The van der Waals surface area contributed by atoms with E-state index in [0.717, 1.165) is 18.1 Å². The van der Waals surface area contributed by atoms with Gasteiger partial charge in [-0.2, -0.15) is 13.2 Å². The van der Waals surface area contributed by atoms with E-state index in [-0.39, 0.29) is 29.8 Å². The van der Waals surface area contributed by atoms with Crippen LogP contribution in [-0.2, 0) is 31.7 Å². The zero-order valence-electron chi connectivity index (χ0n) is 22.6. The average Bonchev–Trinajstić information content (AvgIpc) is 3.46. The van der Waals surface area contributed by atoms with Gasteiger partial charge in [0.2, 0.25) is 0 Å². The number of aliphatic hydroxyl groups is 1. The topological polar surface area (TPSA) is 112 Å². The lowest BCUT2D eigenvalue weighted by molar-refractivity contribution is -0.138. The summed E-state index contributed by atoms with van der Waals surface area (Å²) < 4.78 is 44.7. The van der Waals surface area contributed by atoms with Gasteiger partial charge in [0.15, 0.2) is 0 Å². The van der Waals surface area contributed by atoms with Gasteiger partial charge in [-0.1, -0.05) is 12.1 Å². The van der Waals surface area contributed by atoms with E-state index in [4.69, 9.17) is 0 Å². The first kappa shape index (κ1) is 27.3. The number of hydrogen-bond acceptors (Lipinski definition) is 5. The Hall–Kier alpha value is -3.93. The maximum absolute atomic E-state index is 14.3. The number of halogens is 3. The van der Waals surface area contributed by atoms with Crippen molar-refractivity contribution in [2.24, 2.45) is 7.05 Å². The van der Waals surface area contributed by atoms with Gasteiger partial charge in [-0.25, -0.2) is 4.79 Å². The third kappa shape index (κ3) is 4.35. The van der Waals surface area contributed by atoms with Gasteiger partial charge in [0.25, 0.3) is 5.91 Å². The van der Waals surface area contributed by atoms with Crippen LogP contribution in [0.15, 0.2) is 42.7 Å². The molecule has 41 heavy (non-hydrogen) atoms. The minimum Gasteiger partial charge on any atom is -0.465 e. The molecule has 0 atom stereocenters. The van der Waals surface area contributed by atoms with Crippen LogP contribution >= 0.6 is 0 Å². The molecule has 2 N–H and O–H groups in total. The van der Waals surface area contributed by atoms with Gasteiger partial charge in [0, 0.05) is 30.4 Å². The Kier molecular flexibility index (Phi) is 6.18. The number of aliphatic hydroxyl groups excluding tert-OH is 1. The number of carbonyl (C=O) groups excluding carboxylic acids is 1. The number of amides is 2. The molecule has 2 aliphatic carbocycles. The van der Waals surface area contributed by atoms with E-state index in [1.165, 1.54) is 15.9 Å². The Morgan fingerprint density at radius 3 is 2.49 bits per heavy atom. The number of benzene rings is 2. The minimum atomic E-state index is -4.73. The molecule has 3 aromatic rings. The van der Waals surface area contributed by atoms with Crippen LogP contribution in [0.3, 0.4) is 0 Å². The number of nitrogens with zero attached hydrogens (tertiary/aromatic N) is 5. The maximum Gasteiger partial charge on any atom is 0.416 e. The average molecular weight is 570 g/mol. The summed E-state index contributed by atoms with van der Waals surface area (Å²) in [7, 11) is 1.80. The van der Waals surface area contributed by atoms with Crippen molar-refractivity contribution in [1.29, 1.82) is 0 Å². The summed E-state index contributed by atoms with van der Waals surface area (Å²) in [6.07, 6.45) is -1.99. The van der Waals surface area contributed by atoms with Gasteiger partial charge in [-0.3, -0.25) is 9.69 Å². The first-order valence-corrected chi connectivity index (χ1v) is 13.5. The number of rotatable bonds is 6. The first-order chi connectivity index (χ1) is 19.3.